The number of nitrogens with zero attached hydrogens (tertiary/aromatic N) is 1. The zero-order valence-electron chi connectivity index (χ0n) is 12.0. The number of benzene rings is 1. The first-order valence-electron chi connectivity index (χ1n) is 7.54. The average molecular weight is 329 g/mol. The summed E-state index contributed by atoms with van der Waals surface area (Å²) in [7, 11) is -3.45. The summed E-state index contributed by atoms with van der Waals surface area (Å²) in [4.78, 5) is 0.288. The maximum atomic E-state index is 12.9. The van der Waals surface area contributed by atoms with Crippen molar-refractivity contribution in [2.45, 2.75) is 49.6 Å². The molecule has 2 N–H and O–H groups in total. The molecule has 21 heavy (non-hydrogen) atoms. The normalized spacial score (nSPS) is 26.8. The molecule has 0 aromatic heterocycles. The quantitative estimate of drug-likeness (QED) is 0.928. The molecule has 3 rings (SSSR count). The van der Waals surface area contributed by atoms with E-state index < -0.39 is 10.0 Å². The van der Waals surface area contributed by atoms with E-state index in [1.807, 2.05) is 0 Å². The van der Waals surface area contributed by atoms with Gasteiger partial charge < -0.3 is 5.73 Å². The van der Waals surface area contributed by atoms with Crippen molar-refractivity contribution in [3.8, 4) is 0 Å². The molecule has 0 spiro atoms. The first-order valence-corrected chi connectivity index (χ1v) is 9.36. The lowest BCUT2D eigenvalue weighted by Gasteiger charge is -2.31. The molecule has 1 aromatic carbocycles. The van der Waals surface area contributed by atoms with Gasteiger partial charge in [-0.2, -0.15) is 4.31 Å². The van der Waals surface area contributed by atoms with Gasteiger partial charge in [0, 0.05) is 24.2 Å². The fourth-order valence-electron chi connectivity index (χ4n) is 3.65. The number of halogens is 1. The summed E-state index contributed by atoms with van der Waals surface area (Å²) in [6.07, 6.45) is 5.48. The third-order valence-corrected chi connectivity index (χ3v) is 7.08. The van der Waals surface area contributed by atoms with Crippen LogP contribution < -0.4 is 5.73 Å². The van der Waals surface area contributed by atoms with E-state index in [0.717, 1.165) is 31.2 Å². The summed E-state index contributed by atoms with van der Waals surface area (Å²) < 4.78 is 27.5. The minimum absolute atomic E-state index is 0.178. The van der Waals surface area contributed by atoms with E-state index in [2.05, 4.69) is 0 Å². The first-order chi connectivity index (χ1) is 10.0. The SMILES string of the molecule is NCc1ccc(S(=O)(=O)N2CCC3CCCCC32)cc1Cl. The lowest BCUT2D eigenvalue weighted by atomic mass is 9.86. The number of fused-ring (bicyclic) bond motifs is 1. The van der Waals surface area contributed by atoms with Crippen LogP contribution in [0.15, 0.2) is 23.1 Å². The smallest absolute Gasteiger partial charge is 0.243 e. The number of sulfonamides is 1. The molecule has 116 valence electrons. The molecular weight excluding hydrogens is 308 g/mol. The molecule has 2 aliphatic rings. The topological polar surface area (TPSA) is 63.4 Å². The van der Waals surface area contributed by atoms with Crippen molar-refractivity contribution >= 4 is 21.6 Å². The first kappa shape index (κ1) is 15.3. The van der Waals surface area contributed by atoms with Gasteiger partial charge in [0.25, 0.3) is 0 Å². The maximum absolute atomic E-state index is 12.9. The highest BCUT2D eigenvalue weighted by molar-refractivity contribution is 7.89. The molecule has 1 aliphatic carbocycles. The Kier molecular flexibility index (Phi) is 4.28. The fraction of sp³-hybridized carbons (Fsp3) is 0.600. The van der Waals surface area contributed by atoms with Crippen molar-refractivity contribution < 1.29 is 8.42 Å². The zero-order chi connectivity index (χ0) is 15.0. The summed E-state index contributed by atoms with van der Waals surface area (Å²) in [5, 5.41) is 0.429. The second-order valence-electron chi connectivity index (χ2n) is 5.97. The molecule has 0 radical (unpaired) electrons. The summed E-state index contributed by atoms with van der Waals surface area (Å²) in [5.74, 6) is 0.535. The van der Waals surface area contributed by atoms with Crippen molar-refractivity contribution in [1.82, 2.24) is 4.31 Å². The van der Waals surface area contributed by atoms with Gasteiger partial charge >= 0.3 is 0 Å². The Labute approximate surface area is 131 Å². The minimum Gasteiger partial charge on any atom is -0.326 e. The lowest BCUT2D eigenvalue weighted by Crippen LogP contribution is -2.39. The highest BCUT2D eigenvalue weighted by Gasteiger charge is 2.42. The summed E-state index contributed by atoms with van der Waals surface area (Å²) >= 11 is 6.12. The van der Waals surface area contributed by atoms with E-state index in [0.29, 0.717) is 24.0 Å². The third kappa shape index (κ3) is 2.72. The monoisotopic (exact) mass is 328 g/mol. The van der Waals surface area contributed by atoms with Crippen LogP contribution in [0, 0.1) is 5.92 Å². The van der Waals surface area contributed by atoms with Gasteiger partial charge in [-0.1, -0.05) is 30.5 Å². The third-order valence-electron chi connectivity index (χ3n) is 4.81. The van der Waals surface area contributed by atoms with Crippen LogP contribution in [0.5, 0.6) is 0 Å². The van der Waals surface area contributed by atoms with Crippen molar-refractivity contribution in [3.05, 3.63) is 28.8 Å². The van der Waals surface area contributed by atoms with Gasteiger partial charge in [-0.15, -0.1) is 0 Å². The predicted octanol–water partition coefficient (Wildman–Crippen LogP) is 2.75. The van der Waals surface area contributed by atoms with E-state index in [4.69, 9.17) is 17.3 Å². The van der Waals surface area contributed by atoms with E-state index in [9.17, 15) is 8.42 Å². The second-order valence-corrected chi connectivity index (χ2v) is 8.27. The highest BCUT2D eigenvalue weighted by Crippen LogP contribution is 2.39. The second kappa shape index (κ2) is 5.88. The van der Waals surface area contributed by atoms with E-state index in [1.165, 1.54) is 12.5 Å². The van der Waals surface area contributed by atoms with Crippen LogP contribution >= 0.6 is 11.6 Å². The van der Waals surface area contributed by atoms with Gasteiger partial charge in [0.15, 0.2) is 0 Å². The predicted molar refractivity (Wildman–Crippen MR) is 83.6 cm³/mol. The molecule has 1 aromatic rings. The Morgan fingerprint density at radius 3 is 2.71 bits per heavy atom. The van der Waals surface area contributed by atoms with Gasteiger partial charge in [-0.05, 0) is 42.9 Å². The Morgan fingerprint density at radius 2 is 2.00 bits per heavy atom. The summed E-state index contributed by atoms with van der Waals surface area (Å²) in [6, 6.07) is 5.05. The van der Waals surface area contributed by atoms with Gasteiger partial charge in [0.2, 0.25) is 10.0 Å². The van der Waals surface area contributed by atoms with Gasteiger partial charge in [0.1, 0.15) is 0 Å². The van der Waals surface area contributed by atoms with Crippen molar-refractivity contribution in [1.29, 1.82) is 0 Å². The standard InChI is InChI=1S/C15H21ClN2O2S/c16-14-9-13(6-5-12(14)10-17)21(19,20)18-8-7-11-3-1-2-4-15(11)18/h5-6,9,11,15H,1-4,7-8,10,17H2. The fourth-order valence-corrected chi connectivity index (χ4v) is 5.73. The highest BCUT2D eigenvalue weighted by atomic mass is 35.5. The molecule has 0 amide bonds. The molecule has 1 saturated heterocycles. The van der Waals surface area contributed by atoms with Crippen molar-refractivity contribution in [2.24, 2.45) is 11.7 Å². The molecule has 1 heterocycles. The molecule has 2 atom stereocenters. The zero-order valence-corrected chi connectivity index (χ0v) is 13.5. The average Bonchev–Trinajstić information content (AvgIpc) is 2.91. The molecule has 2 fully saturated rings. The number of hydrogen-bond donors (Lipinski definition) is 1. The molecule has 1 saturated carbocycles. The van der Waals surface area contributed by atoms with Crippen LogP contribution in [0.25, 0.3) is 0 Å². The van der Waals surface area contributed by atoms with Crippen molar-refractivity contribution in [2.75, 3.05) is 6.54 Å². The molecule has 0 bridgehead atoms. The van der Waals surface area contributed by atoms with Crippen LogP contribution in [-0.4, -0.2) is 25.3 Å². The summed E-state index contributed by atoms with van der Waals surface area (Å²) in [6.45, 7) is 0.946. The maximum Gasteiger partial charge on any atom is 0.243 e. The molecule has 4 nitrogen and oxygen atoms in total. The Balaban J connectivity index is 1.91. The van der Waals surface area contributed by atoms with Crippen LogP contribution in [0.4, 0.5) is 0 Å². The Bertz CT molecular complexity index is 633. The Morgan fingerprint density at radius 1 is 1.24 bits per heavy atom. The Hall–Kier alpha value is -0.620. The van der Waals surface area contributed by atoms with E-state index in [1.54, 1.807) is 16.4 Å². The molecule has 6 heteroatoms. The van der Waals surface area contributed by atoms with Crippen molar-refractivity contribution in [3.63, 3.8) is 0 Å². The number of nitrogens with two attached hydrogens (primary N) is 1. The lowest BCUT2D eigenvalue weighted by molar-refractivity contribution is 0.260. The van der Waals surface area contributed by atoms with Gasteiger partial charge in [-0.3, -0.25) is 0 Å². The number of rotatable bonds is 3. The van der Waals surface area contributed by atoms with Crippen LogP contribution in [-0.2, 0) is 16.6 Å². The number of hydrogen-bond acceptors (Lipinski definition) is 3. The van der Waals surface area contributed by atoms with Crippen LogP contribution in [0.3, 0.4) is 0 Å². The largest absolute Gasteiger partial charge is 0.326 e. The van der Waals surface area contributed by atoms with Crippen LogP contribution in [0.2, 0.25) is 5.02 Å². The minimum atomic E-state index is -3.45. The van der Waals surface area contributed by atoms with E-state index >= 15 is 0 Å². The molecular formula is C15H21ClN2O2S. The van der Waals surface area contributed by atoms with Gasteiger partial charge in [0.05, 0.1) is 4.90 Å². The molecule has 1 aliphatic heterocycles. The summed E-state index contributed by atoms with van der Waals surface area (Å²) in [5.41, 5.74) is 6.35. The molecule has 2 unspecified atom stereocenters. The van der Waals surface area contributed by atoms with Gasteiger partial charge in [-0.25, -0.2) is 8.42 Å². The van der Waals surface area contributed by atoms with E-state index in [-0.39, 0.29) is 10.9 Å². The van der Waals surface area contributed by atoms with Crippen LogP contribution in [0.1, 0.15) is 37.7 Å².